The molecule has 1 aliphatic rings. The highest BCUT2D eigenvalue weighted by Gasteiger charge is 2.21. The van der Waals surface area contributed by atoms with Crippen molar-refractivity contribution in [3.05, 3.63) is 11.6 Å². The van der Waals surface area contributed by atoms with Gasteiger partial charge in [-0.15, -0.1) is 0 Å². The SMILES string of the molecule is CCCCP(CC=C(C)C)C1CCCCC1. The largest absolute Gasteiger partial charge is 0.0997 e. The van der Waals surface area contributed by atoms with Gasteiger partial charge in [-0.1, -0.05) is 52.2 Å². The van der Waals surface area contributed by atoms with Crippen molar-refractivity contribution in [2.75, 3.05) is 12.3 Å². The van der Waals surface area contributed by atoms with Crippen molar-refractivity contribution in [1.29, 1.82) is 0 Å². The van der Waals surface area contributed by atoms with E-state index < -0.39 is 0 Å². The maximum absolute atomic E-state index is 2.50. The second-order valence-corrected chi connectivity index (χ2v) is 8.14. The van der Waals surface area contributed by atoms with Crippen LogP contribution in [0.25, 0.3) is 0 Å². The molecule has 0 bridgehead atoms. The summed E-state index contributed by atoms with van der Waals surface area (Å²) in [6, 6.07) is 0. The van der Waals surface area contributed by atoms with Crippen molar-refractivity contribution in [3.8, 4) is 0 Å². The Balaban J connectivity index is 2.43. The molecule has 0 heterocycles. The van der Waals surface area contributed by atoms with Gasteiger partial charge >= 0.3 is 0 Å². The Morgan fingerprint density at radius 2 is 1.88 bits per heavy atom. The first-order valence-electron chi connectivity index (χ1n) is 7.11. The summed E-state index contributed by atoms with van der Waals surface area (Å²) in [5, 5.41) is 0. The number of rotatable bonds is 6. The molecule has 16 heavy (non-hydrogen) atoms. The molecule has 1 aliphatic carbocycles. The van der Waals surface area contributed by atoms with Gasteiger partial charge in [0.2, 0.25) is 0 Å². The number of hydrogen-bond acceptors (Lipinski definition) is 0. The predicted molar refractivity (Wildman–Crippen MR) is 77.9 cm³/mol. The Morgan fingerprint density at radius 1 is 1.19 bits per heavy atom. The molecule has 0 radical (unpaired) electrons. The lowest BCUT2D eigenvalue weighted by Gasteiger charge is -2.30. The molecule has 1 saturated carbocycles. The van der Waals surface area contributed by atoms with Gasteiger partial charge in [-0.3, -0.25) is 0 Å². The fourth-order valence-electron chi connectivity index (χ4n) is 2.53. The van der Waals surface area contributed by atoms with Crippen LogP contribution in [0.15, 0.2) is 11.6 Å². The third-order valence-corrected chi connectivity index (χ3v) is 6.72. The molecule has 0 aromatic rings. The molecule has 1 atom stereocenters. The molecule has 1 rings (SSSR count). The standard InChI is InChI=1S/C15H29P/c1-4-5-12-16(13-11-14(2)3)15-9-7-6-8-10-15/h11,15H,4-10,12-13H2,1-3H3. The van der Waals surface area contributed by atoms with Crippen LogP contribution in [0.5, 0.6) is 0 Å². The number of allylic oxidation sites excluding steroid dienone is 2. The summed E-state index contributed by atoms with van der Waals surface area (Å²) in [6.07, 6.45) is 15.8. The average molecular weight is 240 g/mol. The molecule has 1 fully saturated rings. The summed E-state index contributed by atoms with van der Waals surface area (Å²) in [5.41, 5.74) is 2.62. The van der Waals surface area contributed by atoms with E-state index >= 15 is 0 Å². The molecule has 0 saturated heterocycles. The maximum Gasteiger partial charge on any atom is -0.0140 e. The Labute approximate surface area is 104 Å². The fourth-order valence-corrected chi connectivity index (χ4v) is 5.79. The molecule has 0 aliphatic heterocycles. The Bertz CT molecular complexity index is 197. The van der Waals surface area contributed by atoms with E-state index in [1.54, 1.807) is 0 Å². The lowest BCUT2D eigenvalue weighted by Crippen LogP contribution is -2.13. The highest BCUT2D eigenvalue weighted by atomic mass is 31.1. The monoisotopic (exact) mass is 240 g/mol. The van der Waals surface area contributed by atoms with Gasteiger partial charge < -0.3 is 0 Å². The van der Waals surface area contributed by atoms with E-state index in [0.717, 1.165) is 5.66 Å². The van der Waals surface area contributed by atoms with Gasteiger partial charge in [0.15, 0.2) is 0 Å². The molecular formula is C15H29P. The molecule has 1 heteroatoms. The van der Waals surface area contributed by atoms with Crippen LogP contribution in [0, 0.1) is 0 Å². The lowest BCUT2D eigenvalue weighted by atomic mass is 10.0. The molecular weight excluding hydrogens is 211 g/mol. The van der Waals surface area contributed by atoms with Crippen LogP contribution in [0.2, 0.25) is 0 Å². The van der Waals surface area contributed by atoms with Crippen LogP contribution in [0.1, 0.15) is 65.7 Å². The first kappa shape index (κ1) is 14.2. The maximum atomic E-state index is 2.50. The fraction of sp³-hybridized carbons (Fsp3) is 0.867. The molecule has 0 aromatic heterocycles. The minimum atomic E-state index is 0.306. The van der Waals surface area contributed by atoms with Crippen molar-refractivity contribution in [1.82, 2.24) is 0 Å². The van der Waals surface area contributed by atoms with E-state index in [4.69, 9.17) is 0 Å². The Morgan fingerprint density at radius 3 is 2.44 bits per heavy atom. The second-order valence-electron chi connectivity index (χ2n) is 5.42. The minimum absolute atomic E-state index is 0.306. The third kappa shape index (κ3) is 5.48. The number of hydrogen-bond donors (Lipinski definition) is 0. The van der Waals surface area contributed by atoms with Crippen LogP contribution in [0.4, 0.5) is 0 Å². The van der Waals surface area contributed by atoms with E-state index in [1.807, 2.05) is 0 Å². The molecule has 0 amide bonds. The van der Waals surface area contributed by atoms with E-state index in [1.165, 1.54) is 62.8 Å². The Kier molecular flexibility index (Phi) is 7.37. The zero-order valence-electron chi connectivity index (χ0n) is 11.5. The summed E-state index contributed by atoms with van der Waals surface area (Å²) < 4.78 is 0. The first-order valence-corrected chi connectivity index (χ1v) is 8.89. The van der Waals surface area contributed by atoms with Crippen LogP contribution >= 0.6 is 7.92 Å². The first-order chi connectivity index (χ1) is 7.74. The summed E-state index contributed by atoms with van der Waals surface area (Å²) in [6.45, 7) is 6.82. The molecule has 0 N–H and O–H groups in total. The summed E-state index contributed by atoms with van der Waals surface area (Å²) >= 11 is 0. The van der Waals surface area contributed by atoms with Gasteiger partial charge in [0.05, 0.1) is 0 Å². The van der Waals surface area contributed by atoms with Gasteiger partial charge in [0.1, 0.15) is 0 Å². The van der Waals surface area contributed by atoms with Gasteiger partial charge in [0, 0.05) is 0 Å². The minimum Gasteiger partial charge on any atom is -0.0997 e. The van der Waals surface area contributed by atoms with Crippen molar-refractivity contribution in [3.63, 3.8) is 0 Å². The highest BCUT2D eigenvalue weighted by molar-refractivity contribution is 7.58. The average Bonchev–Trinajstić information content (AvgIpc) is 2.30. The van der Waals surface area contributed by atoms with E-state index in [0.29, 0.717) is 7.92 Å². The molecule has 94 valence electrons. The molecule has 0 aromatic carbocycles. The van der Waals surface area contributed by atoms with Gasteiger partial charge in [-0.05, 0) is 51.1 Å². The van der Waals surface area contributed by atoms with Crippen molar-refractivity contribution >= 4 is 7.92 Å². The summed E-state index contributed by atoms with van der Waals surface area (Å²) in [7, 11) is 0.306. The second kappa shape index (κ2) is 8.29. The molecule has 1 unspecified atom stereocenters. The van der Waals surface area contributed by atoms with Crippen LogP contribution in [-0.2, 0) is 0 Å². The van der Waals surface area contributed by atoms with E-state index in [-0.39, 0.29) is 0 Å². The van der Waals surface area contributed by atoms with Crippen LogP contribution in [0.3, 0.4) is 0 Å². The third-order valence-electron chi connectivity index (χ3n) is 3.62. The van der Waals surface area contributed by atoms with E-state index in [2.05, 4.69) is 26.8 Å². The van der Waals surface area contributed by atoms with Crippen molar-refractivity contribution in [2.24, 2.45) is 0 Å². The van der Waals surface area contributed by atoms with Gasteiger partial charge in [-0.2, -0.15) is 0 Å². The van der Waals surface area contributed by atoms with E-state index in [9.17, 15) is 0 Å². The Hall–Kier alpha value is 0.170. The zero-order chi connectivity index (χ0) is 11.8. The highest BCUT2D eigenvalue weighted by Crippen LogP contribution is 2.48. The molecule has 0 nitrogen and oxygen atoms in total. The smallest absolute Gasteiger partial charge is 0.0140 e. The van der Waals surface area contributed by atoms with Gasteiger partial charge in [0.25, 0.3) is 0 Å². The zero-order valence-corrected chi connectivity index (χ0v) is 12.4. The van der Waals surface area contributed by atoms with Crippen molar-refractivity contribution < 1.29 is 0 Å². The summed E-state index contributed by atoms with van der Waals surface area (Å²) in [5.74, 6) is 0. The van der Waals surface area contributed by atoms with Crippen molar-refractivity contribution in [2.45, 2.75) is 71.4 Å². The molecule has 0 spiro atoms. The number of unbranched alkanes of at least 4 members (excludes halogenated alkanes) is 1. The topological polar surface area (TPSA) is 0 Å². The quantitative estimate of drug-likeness (QED) is 0.420. The van der Waals surface area contributed by atoms with Crippen LogP contribution in [-0.4, -0.2) is 18.0 Å². The van der Waals surface area contributed by atoms with Crippen LogP contribution < -0.4 is 0 Å². The lowest BCUT2D eigenvalue weighted by molar-refractivity contribution is 0.510. The van der Waals surface area contributed by atoms with Gasteiger partial charge in [-0.25, -0.2) is 0 Å². The normalized spacial score (nSPS) is 19.4. The summed E-state index contributed by atoms with van der Waals surface area (Å²) in [4.78, 5) is 0. The predicted octanol–water partition coefficient (Wildman–Crippen LogP) is 5.57.